The Balaban J connectivity index is 2.03. The molecule has 0 aromatic carbocycles. The number of carbonyl (C=O) groups excluding carboxylic acids is 1. The van der Waals surface area contributed by atoms with Crippen molar-refractivity contribution in [2.24, 2.45) is 0 Å². The van der Waals surface area contributed by atoms with Crippen molar-refractivity contribution in [3.05, 3.63) is 18.0 Å². The normalized spacial score (nSPS) is 15.1. The fourth-order valence-corrected chi connectivity index (χ4v) is 1.70. The first kappa shape index (κ1) is 11.0. The Bertz CT molecular complexity index is 380. The molecule has 0 amide bonds. The lowest BCUT2D eigenvalue weighted by Gasteiger charge is -2.07. The Morgan fingerprint density at radius 1 is 1.62 bits per heavy atom. The molecule has 1 fully saturated rings. The van der Waals surface area contributed by atoms with Crippen molar-refractivity contribution in [2.75, 3.05) is 12.3 Å². The van der Waals surface area contributed by atoms with E-state index < -0.39 is 0 Å². The van der Waals surface area contributed by atoms with Crippen LogP contribution in [0.2, 0.25) is 0 Å². The van der Waals surface area contributed by atoms with Gasteiger partial charge in [0.1, 0.15) is 5.69 Å². The summed E-state index contributed by atoms with van der Waals surface area (Å²) in [5, 5.41) is 0. The molecule has 16 heavy (non-hydrogen) atoms. The van der Waals surface area contributed by atoms with Crippen LogP contribution in [0.3, 0.4) is 0 Å². The number of unbranched alkanes of at least 4 members (excludes halogenated alkanes) is 1. The molecule has 0 aliphatic heterocycles. The largest absolute Gasteiger partial charge is 0.461 e. The number of carbonyl (C=O) groups is 1. The highest BCUT2D eigenvalue weighted by Crippen LogP contribution is 2.37. The maximum atomic E-state index is 11.8. The summed E-state index contributed by atoms with van der Waals surface area (Å²) in [6, 6.07) is 2.15. The quantitative estimate of drug-likeness (QED) is 0.614. The highest BCUT2D eigenvalue weighted by atomic mass is 16.5. The zero-order chi connectivity index (χ0) is 11.5. The van der Waals surface area contributed by atoms with Crippen LogP contribution in [0.4, 0.5) is 5.69 Å². The molecule has 1 aliphatic rings. The van der Waals surface area contributed by atoms with Gasteiger partial charge in [0.05, 0.1) is 12.3 Å². The van der Waals surface area contributed by atoms with Crippen LogP contribution in [-0.4, -0.2) is 17.1 Å². The lowest BCUT2D eigenvalue weighted by molar-refractivity contribution is 0.0487. The zero-order valence-corrected chi connectivity index (χ0v) is 9.61. The molecule has 88 valence electrons. The predicted octanol–water partition coefficient (Wildman–Crippen LogP) is 2.36. The molecular weight excluding hydrogens is 204 g/mol. The number of aromatic nitrogens is 1. The summed E-state index contributed by atoms with van der Waals surface area (Å²) in [5.74, 6) is -0.253. The number of ether oxygens (including phenoxy) is 1. The van der Waals surface area contributed by atoms with E-state index in [0.717, 1.165) is 25.7 Å². The molecule has 1 saturated carbocycles. The van der Waals surface area contributed by atoms with Crippen molar-refractivity contribution in [3.8, 4) is 0 Å². The second-order valence-corrected chi connectivity index (χ2v) is 4.29. The molecule has 0 bridgehead atoms. The second-order valence-electron chi connectivity index (χ2n) is 4.29. The maximum Gasteiger partial charge on any atom is 0.355 e. The number of hydrogen-bond acceptors (Lipinski definition) is 3. The van der Waals surface area contributed by atoms with Crippen molar-refractivity contribution < 1.29 is 9.53 Å². The Hall–Kier alpha value is -1.45. The van der Waals surface area contributed by atoms with Crippen molar-refractivity contribution in [1.82, 2.24) is 4.57 Å². The molecule has 1 heterocycles. The highest BCUT2D eigenvalue weighted by Gasteiger charge is 2.28. The average molecular weight is 222 g/mol. The average Bonchev–Trinajstić information content (AvgIpc) is 3.02. The summed E-state index contributed by atoms with van der Waals surface area (Å²) in [7, 11) is 0. The van der Waals surface area contributed by atoms with E-state index in [4.69, 9.17) is 10.5 Å². The van der Waals surface area contributed by atoms with Crippen LogP contribution in [0.25, 0.3) is 0 Å². The van der Waals surface area contributed by atoms with Gasteiger partial charge in [-0.05, 0) is 25.3 Å². The van der Waals surface area contributed by atoms with Crippen molar-refractivity contribution in [3.63, 3.8) is 0 Å². The van der Waals surface area contributed by atoms with Crippen LogP contribution in [0, 0.1) is 0 Å². The van der Waals surface area contributed by atoms with Crippen LogP contribution in [0.5, 0.6) is 0 Å². The SMILES string of the molecule is CCCCOC(=O)c1cc(N)cn1C1CC1. The van der Waals surface area contributed by atoms with E-state index in [-0.39, 0.29) is 5.97 Å². The lowest BCUT2D eigenvalue weighted by Crippen LogP contribution is -2.11. The van der Waals surface area contributed by atoms with E-state index in [9.17, 15) is 4.79 Å². The topological polar surface area (TPSA) is 57.2 Å². The smallest absolute Gasteiger partial charge is 0.355 e. The van der Waals surface area contributed by atoms with Gasteiger partial charge in [-0.15, -0.1) is 0 Å². The van der Waals surface area contributed by atoms with E-state index >= 15 is 0 Å². The summed E-state index contributed by atoms with van der Waals surface area (Å²) in [6.07, 6.45) is 6.02. The molecule has 0 radical (unpaired) electrons. The van der Waals surface area contributed by atoms with Gasteiger partial charge in [0.25, 0.3) is 0 Å². The summed E-state index contributed by atoms with van der Waals surface area (Å²) in [5.41, 5.74) is 6.94. The van der Waals surface area contributed by atoms with E-state index in [0.29, 0.717) is 24.0 Å². The fourth-order valence-electron chi connectivity index (χ4n) is 1.70. The first-order valence-electron chi connectivity index (χ1n) is 5.87. The Kier molecular flexibility index (Phi) is 3.17. The number of nitrogen functional groups attached to an aromatic ring is 1. The highest BCUT2D eigenvalue weighted by molar-refractivity contribution is 5.89. The first-order valence-corrected chi connectivity index (χ1v) is 5.87. The molecule has 0 unspecified atom stereocenters. The molecular formula is C12H18N2O2. The lowest BCUT2D eigenvalue weighted by atomic mass is 10.3. The number of hydrogen-bond donors (Lipinski definition) is 1. The molecule has 0 atom stereocenters. The van der Waals surface area contributed by atoms with E-state index in [1.54, 1.807) is 6.07 Å². The van der Waals surface area contributed by atoms with Gasteiger partial charge in [-0.2, -0.15) is 0 Å². The fraction of sp³-hybridized carbons (Fsp3) is 0.583. The molecule has 0 saturated heterocycles. The number of esters is 1. The third-order valence-corrected chi connectivity index (χ3v) is 2.75. The predicted molar refractivity (Wildman–Crippen MR) is 62.3 cm³/mol. The molecule has 4 heteroatoms. The third kappa shape index (κ3) is 2.38. The Labute approximate surface area is 95.4 Å². The van der Waals surface area contributed by atoms with E-state index in [1.165, 1.54) is 0 Å². The first-order chi connectivity index (χ1) is 7.72. The summed E-state index contributed by atoms with van der Waals surface area (Å²) in [4.78, 5) is 11.8. The van der Waals surface area contributed by atoms with Crippen LogP contribution in [-0.2, 0) is 4.74 Å². The Morgan fingerprint density at radius 3 is 3.00 bits per heavy atom. The van der Waals surface area contributed by atoms with Crippen molar-refractivity contribution in [2.45, 2.75) is 38.6 Å². The second kappa shape index (κ2) is 4.60. The van der Waals surface area contributed by atoms with E-state index in [2.05, 4.69) is 6.92 Å². The number of rotatable bonds is 5. The van der Waals surface area contributed by atoms with Gasteiger partial charge in [0.15, 0.2) is 0 Å². The molecule has 1 aromatic heterocycles. The number of nitrogens with zero attached hydrogens (tertiary/aromatic N) is 1. The zero-order valence-electron chi connectivity index (χ0n) is 9.61. The molecule has 0 spiro atoms. The van der Waals surface area contributed by atoms with Gasteiger partial charge < -0.3 is 15.0 Å². The third-order valence-electron chi connectivity index (χ3n) is 2.75. The van der Waals surface area contributed by atoms with Crippen LogP contribution in [0.1, 0.15) is 49.1 Å². The molecule has 4 nitrogen and oxygen atoms in total. The van der Waals surface area contributed by atoms with Gasteiger partial charge in [-0.25, -0.2) is 4.79 Å². The van der Waals surface area contributed by atoms with Gasteiger partial charge in [-0.3, -0.25) is 0 Å². The summed E-state index contributed by atoms with van der Waals surface area (Å²) in [6.45, 7) is 2.56. The van der Waals surface area contributed by atoms with Crippen molar-refractivity contribution >= 4 is 11.7 Å². The molecule has 2 rings (SSSR count). The number of anilines is 1. The summed E-state index contributed by atoms with van der Waals surface area (Å²) < 4.78 is 7.13. The van der Waals surface area contributed by atoms with Crippen LogP contribution >= 0.6 is 0 Å². The van der Waals surface area contributed by atoms with Crippen LogP contribution < -0.4 is 5.73 Å². The van der Waals surface area contributed by atoms with Crippen LogP contribution in [0.15, 0.2) is 12.3 Å². The minimum Gasteiger partial charge on any atom is -0.461 e. The van der Waals surface area contributed by atoms with Crippen molar-refractivity contribution in [1.29, 1.82) is 0 Å². The van der Waals surface area contributed by atoms with Gasteiger partial charge >= 0.3 is 5.97 Å². The molecule has 1 aliphatic carbocycles. The van der Waals surface area contributed by atoms with Gasteiger partial charge in [0.2, 0.25) is 0 Å². The van der Waals surface area contributed by atoms with Gasteiger partial charge in [-0.1, -0.05) is 13.3 Å². The molecule has 2 N–H and O–H groups in total. The maximum absolute atomic E-state index is 11.8. The minimum atomic E-state index is -0.253. The minimum absolute atomic E-state index is 0.253. The number of nitrogens with two attached hydrogens (primary N) is 1. The van der Waals surface area contributed by atoms with Gasteiger partial charge in [0, 0.05) is 12.2 Å². The van der Waals surface area contributed by atoms with E-state index in [1.807, 2.05) is 10.8 Å². The molecule has 1 aromatic rings. The Morgan fingerprint density at radius 2 is 2.38 bits per heavy atom. The monoisotopic (exact) mass is 222 g/mol. The summed E-state index contributed by atoms with van der Waals surface area (Å²) >= 11 is 0. The standard InChI is InChI=1S/C12H18N2O2/c1-2-3-6-16-12(15)11-7-9(13)8-14(11)10-4-5-10/h7-8,10H,2-6,13H2,1H3.